The van der Waals surface area contributed by atoms with Crippen molar-refractivity contribution in [3.63, 3.8) is 0 Å². The monoisotopic (exact) mass is 931 g/mol. The molecular formula is C61H102O6. The summed E-state index contributed by atoms with van der Waals surface area (Å²) in [5.74, 6) is -0.961. The third kappa shape index (κ3) is 53.2. The Morgan fingerprint density at radius 3 is 0.910 bits per heavy atom. The summed E-state index contributed by atoms with van der Waals surface area (Å²) < 4.78 is 16.8. The normalized spacial score (nSPS) is 12.8. The number of esters is 3. The molecule has 0 saturated carbocycles. The number of carbonyl (C=O) groups is 3. The van der Waals surface area contributed by atoms with Gasteiger partial charge in [-0.2, -0.15) is 0 Å². The maximum Gasteiger partial charge on any atom is 0.306 e. The Balaban J connectivity index is 4.48. The summed E-state index contributed by atoms with van der Waals surface area (Å²) in [6.07, 6.45) is 72.5. The van der Waals surface area contributed by atoms with Gasteiger partial charge in [0, 0.05) is 19.3 Å². The molecule has 1 atom stereocenters. The van der Waals surface area contributed by atoms with E-state index < -0.39 is 6.10 Å². The molecule has 382 valence electrons. The lowest BCUT2D eigenvalue weighted by Crippen LogP contribution is -2.30. The second-order valence-electron chi connectivity index (χ2n) is 18.1. The van der Waals surface area contributed by atoms with Crippen LogP contribution in [0.5, 0.6) is 0 Å². The Labute approximate surface area is 413 Å². The molecule has 0 bridgehead atoms. The lowest BCUT2D eigenvalue weighted by atomic mass is 10.0. The molecule has 0 N–H and O–H groups in total. The van der Waals surface area contributed by atoms with Crippen LogP contribution in [-0.4, -0.2) is 37.2 Å². The Morgan fingerprint density at radius 1 is 0.313 bits per heavy atom. The second-order valence-corrected chi connectivity index (χ2v) is 18.1. The summed E-state index contributed by atoms with van der Waals surface area (Å²) in [6, 6.07) is 0. The number of hydrogen-bond donors (Lipinski definition) is 0. The molecule has 67 heavy (non-hydrogen) atoms. The van der Waals surface area contributed by atoms with Crippen LogP contribution >= 0.6 is 0 Å². The standard InChI is InChI=1S/C61H102O6/c1-4-7-10-13-16-19-22-25-28-31-34-36-39-42-45-48-51-54-60(63)66-57-58(67-61(64)55-52-49-46-43-40-37-33-30-27-24-21-18-15-12-9-6-3)56-65-59(62)53-50-47-44-41-38-35-32-29-26-23-20-17-14-11-8-5-2/h8-9,11-12,17-18,20-21,26-27,29-30,35,37-38,40,58H,4-7,10,13-16,19,22-25,28,31-34,36,39,41-57H2,1-3H3/b11-8-,12-9-,20-17-,21-18-,29-26-,30-27-,38-35-,40-37-. The van der Waals surface area contributed by atoms with Gasteiger partial charge in [0.2, 0.25) is 0 Å². The van der Waals surface area contributed by atoms with Crippen LogP contribution in [0.4, 0.5) is 0 Å². The summed E-state index contributed by atoms with van der Waals surface area (Å²) in [5.41, 5.74) is 0. The van der Waals surface area contributed by atoms with E-state index in [9.17, 15) is 14.4 Å². The molecule has 0 aliphatic rings. The number of unbranched alkanes of at least 4 members (excludes halogenated alkanes) is 22. The fourth-order valence-electron chi connectivity index (χ4n) is 7.48. The van der Waals surface area contributed by atoms with Gasteiger partial charge in [0.15, 0.2) is 6.10 Å². The molecule has 0 aromatic carbocycles. The fraction of sp³-hybridized carbons (Fsp3) is 0.689. The van der Waals surface area contributed by atoms with E-state index >= 15 is 0 Å². The summed E-state index contributed by atoms with van der Waals surface area (Å²) in [5, 5.41) is 0. The van der Waals surface area contributed by atoms with E-state index in [1.807, 2.05) is 0 Å². The molecule has 0 spiro atoms. The molecule has 0 aliphatic heterocycles. The van der Waals surface area contributed by atoms with Crippen LogP contribution in [0.1, 0.15) is 252 Å². The highest BCUT2D eigenvalue weighted by molar-refractivity contribution is 5.71. The van der Waals surface area contributed by atoms with Crippen molar-refractivity contribution in [1.82, 2.24) is 0 Å². The van der Waals surface area contributed by atoms with E-state index in [1.165, 1.54) is 89.9 Å². The Kier molecular flexibility index (Phi) is 51.9. The van der Waals surface area contributed by atoms with E-state index in [-0.39, 0.29) is 37.5 Å². The van der Waals surface area contributed by atoms with Crippen LogP contribution < -0.4 is 0 Å². The first-order valence-corrected chi connectivity index (χ1v) is 27.7. The highest BCUT2D eigenvalue weighted by Gasteiger charge is 2.19. The van der Waals surface area contributed by atoms with Crippen LogP contribution in [0.15, 0.2) is 97.2 Å². The highest BCUT2D eigenvalue weighted by Crippen LogP contribution is 2.15. The molecule has 1 unspecified atom stereocenters. The van der Waals surface area contributed by atoms with Crippen molar-refractivity contribution in [2.45, 2.75) is 258 Å². The van der Waals surface area contributed by atoms with Gasteiger partial charge in [-0.3, -0.25) is 14.4 Å². The van der Waals surface area contributed by atoms with Gasteiger partial charge in [0.05, 0.1) is 0 Å². The summed E-state index contributed by atoms with van der Waals surface area (Å²) in [4.78, 5) is 38.1. The maximum absolute atomic E-state index is 12.8. The summed E-state index contributed by atoms with van der Waals surface area (Å²) >= 11 is 0. The number of rotatable bonds is 49. The molecular weight excluding hydrogens is 829 g/mol. The molecule has 0 amide bonds. The van der Waals surface area contributed by atoms with Crippen molar-refractivity contribution in [3.05, 3.63) is 97.2 Å². The van der Waals surface area contributed by atoms with Crippen LogP contribution in [0, 0.1) is 0 Å². The lowest BCUT2D eigenvalue weighted by Gasteiger charge is -2.18. The molecule has 6 nitrogen and oxygen atoms in total. The minimum Gasteiger partial charge on any atom is -0.462 e. The van der Waals surface area contributed by atoms with E-state index in [0.29, 0.717) is 12.8 Å². The number of allylic oxidation sites excluding steroid dienone is 16. The molecule has 0 saturated heterocycles. The quantitative estimate of drug-likeness (QED) is 0.0262. The molecule has 0 heterocycles. The molecule has 0 fully saturated rings. The largest absolute Gasteiger partial charge is 0.462 e. The van der Waals surface area contributed by atoms with Crippen molar-refractivity contribution in [2.75, 3.05) is 13.2 Å². The van der Waals surface area contributed by atoms with Gasteiger partial charge in [0.1, 0.15) is 13.2 Å². The first-order chi connectivity index (χ1) is 33.0. The second kappa shape index (κ2) is 54.9. The van der Waals surface area contributed by atoms with Gasteiger partial charge < -0.3 is 14.2 Å². The minimum atomic E-state index is -0.807. The first kappa shape index (κ1) is 63.3. The van der Waals surface area contributed by atoms with Crippen LogP contribution in [-0.2, 0) is 28.6 Å². The van der Waals surface area contributed by atoms with Crippen molar-refractivity contribution >= 4 is 17.9 Å². The third-order valence-corrected chi connectivity index (χ3v) is 11.6. The smallest absolute Gasteiger partial charge is 0.306 e. The fourth-order valence-corrected chi connectivity index (χ4v) is 7.48. The maximum atomic E-state index is 12.8. The number of carbonyl (C=O) groups excluding carboxylic acids is 3. The molecule has 0 rings (SSSR count). The van der Waals surface area contributed by atoms with Crippen molar-refractivity contribution in [1.29, 1.82) is 0 Å². The SMILES string of the molecule is CC/C=C\C/C=C\C/C=C\C/C=C\CCCCCC(=O)OCC(COC(=O)CCCCCCCCCCCCCCCCCCC)OC(=O)CCCCC/C=C\C/C=C\C/C=C\C/C=C\CC. The van der Waals surface area contributed by atoms with Gasteiger partial charge in [0.25, 0.3) is 0 Å². The van der Waals surface area contributed by atoms with E-state index in [4.69, 9.17) is 14.2 Å². The molecule has 0 radical (unpaired) electrons. The van der Waals surface area contributed by atoms with Gasteiger partial charge in [-0.1, -0.05) is 234 Å². The van der Waals surface area contributed by atoms with E-state index in [0.717, 1.165) is 122 Å². The zero-order valence-electron chi connectivity index (χ0n) is 43.6. The van der Waals surface area contributed by atoms with Crippen LogP contribution in [0.2, 0.25) is 0 Å². The van der Waals surface area contributed by atoms with Crippen molar-refractivity contribution in [2.24, 2.45) is 0 Å². The lowest BCUT2D eigenvalue weighted by molar-refractivity contribution is -0.167. The topological polar surface area (TPSA) is 78.9 Å². The Hall–Kier alpha value is -3.67. The predicted octanol–water partition coefficient (Wildman–Crippen LogP) is 18.5. The van der Waals surface area contributed by atoms with Gasteiger partial charge in [-0.05, 0) is 96.3 Å². The van der Waals surface area contributed by atoms with Crippen LogP contribution in [0.25, 0.3) is 0 Å². The van der Waals surface area contributed by atoms with Crippen LogP contribution in [0.3, 0.4) is 0 Å². The summed E-state index contributed by atoms with van der Waals surface area (Å²) in [7, 11) is 0. The van der Waals surface area contributed by atoms with Gasteiger partial charge >= 0.3 is 17.9 Å². The van der Waals surface area contributed by atoms with Crippen molar-refractivity contribution < 1.29 is 28.6 Å². The van der Waals surface area contributed by atoms with E-state index in [1.54, 1.807) is 0 Å². The minimum absolute atomic E-state index is 0.0997. The number of hydrogen-bond acceptors (Lipinski definition) is 6. The molecule has 0 aromatic rings. The molecule has 6 heteroatoms. The zero-order valence-corrected chi connectivity index (χ0v) is 43.6. The van der Waals surface area contributed by atoms with Crippen molar-refractivity contribution in [3.8, 4) is 0 Å². The molecule has 0 aliphatic carbocycles. The number of ether oxygens (including phenoxy) is 3. The highest BCUT2D eigenvalue weighted by atomic mass is 16.6. The zero-order chi connectivity index (χ0) is 48.6. The first-order valence-electron chi connectivity index (χ1n) is 27.7. The molecule has 0 aromatic heterocycles. The van der Waals surface area contributed by atoms with E-state index in [2.05, 4.69) is 118 Å². The average molecular weight is 931 g/mol. The third-order valence-electron chi connectivity index (χ3n) is 11.6. The average Bonchev–Trinajstić information content (AvgIpc) is 3.33. The van der Waals surface area contributed by atoms with Gasteiger partial charge in [-0.25, -0.2) is 0 Å². The van der Waals surface area contributed by atoms with Gasteiger partial charge in [-0.15, -0.1) is 0 Å². The Morgan fingerprint density at radius 2 is 0.582 bits per heavy atom. The predicted molar refractivity (Wildman–Crippen MR) is 288 cm³/mol. The Bertz CT molecular complexity index is 1350. The summed E-state index contributed by atoms with van der Waals surface area (Å²) in [6.45, 7) is 6.37.